The lowest BCUT2D eigenvalue weighted by Crippen LogP contribution is -2.39. The SMILES string of the molecule is COc1c(C)cnc(CC(N)C2(C)CCCC2)c1C. The Labute approximate surface area is 116 Å². The molecule has 1 unspecified atom stereocenters. The number of aromatic nitrogens is 1. The molecule has 0 aromatic carbocycles. The molecule has 3 heteroatoms. The second-order valence-electron chi connectivity index (χ2n) is 6.22. The van der Waals surface area contributed by atoms with E-state index >= 15 is 0 Å². The van der Waals surface area contributed by atoms with Crippen molar-refractivity contribution in [1.29, 1.82) is 0 Å². The lowest BCUT2D eigenvalue weighted by Gasteiger charge is -2.31. The fourth-order valence-corrected chi connectivity index (χ4v) is 3.29. The molecule has 1 fully saturated rings. The van der Waals surface area contributed by atoms with Gasteiger partial charge >= 0.3 is 0 Å². The van der Waals surface area contributed by atoms with E-state index < -0.39 is 0 Å². The van der Waals surface area contributed by atoms with Gasteiger partial charge in [-0.2, -0.15) is 0 Å². The fourth-order valence-electron chi connectivity index (χ4n) is 3.29. The van der Waals surface area contributed by atoms with Gasteiger partial charge in [-0.3, -0.25) is 4.98 Å². The molecule has 2 N–H and O–H groups in total. The molecule has 3 nitrogen and oxygen atoms in total. The molecule has 1 saturated carbocycles. The lowest BCUT2D eigenvalue weighted by molar-refractivity contribution is 0.258. The van der Waals surface area contributed by atoms with E-state index in [0.717, 1.165) is 29.0 Å². The minimum Gasteiger partial charge on any atom is -0.496 e. The molecule has 0 saturated heterocycles. The molecule has 1 aromatic heterocycles. The summed E-state index contributed by atoms with van der Waals surface area (Å²) in [5, 5.41) is 0. The first kappa shape index (κ1) is 14.3. The maximum atomic E-state index is 6.46. The van der Waals surface area contributed by atoms with Crippen molar-refractivity contribution in [2.75, 3.05) is 7.11 Å². The van der Waals surface area contributed by atoms with Gasteiger partial charge in [-0.1, -0.05) is 19.8 Å². The van der Waals surface area contributed by atoms with E-state index in [4.69, 9.17) is 10.5 Å². The molecule has 1 aromatic rings. The smallest absolute Gasteiger partial charge is 0.128 e. The number of ether oxygens (including phenoxy) is 1. The third kappa shape index (κ3) is 2.76. The van der Waals surface area contributed by atoms with Crippen molar-refractivity contribution in [2.24, 2.45) is 11.1 Å². The predicted octanol–water partition coefficient (Wildman–Crippen LogP) is 3.16. The van der Waals surface area contributed by atoms with Crippen LogP contribution >= 0.6 is 0 Å². The van der Waals surface area contributed by atoms with Crippen molar-refractivity contribution in [1.82, 2.24) is 4.98 Å². The monoisotopic (exact) mass is 262 g/mol. The van der Waals surface area contributed by atoms with Crippen molar-refractivity contribution in [3.05, 3.63) is 23.0 Å². The molecule has 1 aliphatic carbocycles. The number of hydrogen-bond donors (Lipinski definition) is 1. The van der Waals surface area contributed by atoms with Crippen LogP contribution in [-0.2, 0) is 6.42 Å². The summed E-state index contributed by atoms with van der Waals surface area (Å²) in [5.41, 5.74) is 10.1. The molecule has 0 aliphatic heterocycles. The Bertz CT molecular complexity index is 450. The van der Waals surface area contributed by atoms with E-state index in [0.29, 0.717) is 0 Å². The highest BCUT2D eigenvalue weighted by atomic mass is 16.5. The van der Waals surface area contributed by atoms with Crippen molar-refractivity contribution in [3.63, 3.8) is 0 Å². The van der Waals surface area contributed by atoms with Crippen molar-refractivity contribution >= 4 is 0 Å². The van der Waals surface area contributed by atoms with Gasteiger partial charge < -0.3 is 10.5 Å². The van der Waals surface area contributed by atoms with Crippen LogP contribution in [0.2, 0.25) is 0 Å². The molecule has 0 spiro atoms. The summed E-state index contributed by atoms with van der Waals surface area (Å²) in [6.07, 6.45) is 7.86. The van der Waals surface area contributed by atoms with Gasteiger partial charge in [0, 0.05) is 35.5 Å². The Hall–Kier alpha value is -1.09. The molecule has 0 amide bonds. The van der Waals surface area contributed by atoms with E-state index in [2.05, 4.69) is 18.8 Å². The molecule has 1 aliphatic rings. The number of nitrogens with zero attached hydrogens (tertiary/aromatic N) is 1. The van der Waals surface area contributed by atoms with E-state index in [9.17, 15) is 0 Å². The standard InChI is InChI=1S/C16H26N2O/c1-11-10-18-13(12(2)15(11)19-4)9-14(17)16(3)7-5-6-8-16/h10,14H,5-9,17H2,1-4H3. The lowest BCUT2D eigenvalue weighted by atomic mass is 9.78. The van der Waals surface area contributed by atoms with E-state index in [1.807, 2.05) is 13.1 Å². The van der Waals surface area contributed by atoms with Crippen LogP contribution < -0.4 is 10.5 Å². The molecule has 2 rings (SSSR count). The van der Waals surface area contributed by atoms with Crippen molar-refractivity contribution < 1.29 is 4.74 Å². The summed E-state index contributed by atoms with van der Waals surface area (Å²) >= 11 is 0. The van der Waals surface area contributed by atoms with Crippen LogP contribution in [0.5, 0.6) is 5.75 Å². The van der Waals surface area contributed by atoms with E-state index in [-0.39, 0.29) is 11.5 Å². The van der Waals surface area contributed by atoms with Crippen LogP contribution in [0.15, 0.2) is 6.20 Å². The number of nitrogens with two attached hydrogens (primary N) is 1. The van der Waals surface area contributed by atoms with Crippen LogP contribution in [0.3, 0.4) is 0 Å². The average Bonchev–Trinajstić information content (AvgIpc) is 2.82. The summed E-state index contributed by atoms with van der Waals surface area (Å²) in [5.74, 6) is 0.953. The molecule has 0 radical (unpaired) electrons. The second kappa shape index (κ2) is 5.49. The van der Waals surface area contributed by atoms with Crippen LogP contribution in [0.4, 0.5) is 0 Å². The van der Waals surface area contributed by atoms with Gasteiger partial charge in [-0.05, 0) is 32.1 Å². The molecule has 19 heavy (non-hydrogen) atoms. The van der Waals surface area contributed by atoms with Crippen LogP contribution in [0.1, 0.15) is 49.4 Å². The predicted molar refractivity (Wildman–Crippen MR) is 78.5 cm³/mol. The Kier molecular flexibility index (Phi) is 4.14. The highest BCUT2D eigenvalue weighted by Gasteiger charge is 2.35. The minimum absolute atomic E-state index is 0.189. The van der Waals surface area contributed by atoms with Gasteiger partial charge in [0.05, 0.1) is 7.11 Å². The zero-order valence-corrected chi connectivity index (χ0v) is 12.6. The quantitative estimate of drug-likeness (QED) is 0.906. The summed E-state index contributed by atoms with van der Waals surface area (Å²) < 4.78 is 5.47. The molecule has 1 heterocycles. The summed E-state index contributed by atoms with van der Waals surface area (Å²) in [7, 11) is 1.72. The molecular weight excluding hydrogens is 236 g/mol. The van der Waals surface area contributed by atoms with Gasteiger partial charge in [-0.15, -0.1) is 0 Å². The van der Waals surface area contributed by atoms with Gasteiger partial charge in [0.2, 0.25) is 0 Å². The first-order valence-corrected chi connectivity index (χ1v) is 7.22. The molecule has 106 valence electrons. The van der Waals surface area contributed by atoms with Gasteiger partial charge in [-0.25, -0.2) is 0 Å². The summed E-state index contributed by atoms with van der Waals surface area (Å²) in [4.78, 5) is 4.57. The third-order valence-electron chi connectivity index (χ3n) is 4.80. The molecule has 1 atom stereocenters. The van der Waals surface area contributed by atoms with Crippen LogP contribution in [0, 0.1) is 19.3 Å². The topological polar surface area (TPSA) is 48.1 Å². The summed E-state index contributed by atoms with van der Waals surface area (Å²) in [6, 6.07) is 0.189. The Morgan fingerprint density at radius 3 is 2.58 bits per heavy atom. The first-order chi connectivity index (χ1) is 8.98. The van der Waals surface area contributed by atoms with Gasteiger partial charge in [0.15, 0.2) is 0 Å². The highest BCUT2D eigenvalue weighted by molar-refractivity contribution is 5.41. The largest absolute Gasteiger partial charge is 0.496 e. The minimum atomic E-state index is 0.189. The zero-order valence-electron chi connectivity index (χ0n) is 12.6. The van der Waals surface area contributed by atoms with E-state index in [1.165, 1.54) is 25.7 Å². The summed E-state index contributed by atoms with van der Waals surface area (Å²) in [6.45, 7) is 6.43. The van der Waals surface area contributed by atoms with Crippen LogP contribution in [0.25, 0.3) is 0 Å². The molecule has 0 bridgehead atoms. The van der Waals surface area contributed by atoms with Crippen molar-refractivity contribution in [3.8, 4) is 5.75 Å². The fraction of sp³-hybridized carbons (Fsp3) is 0.688. The number of pyridine rings is 1. The Morgan fingerprint density at radius 2 is 2.00 bits per heavy atom. The van der Waals surface area contributed by atoms with E-state index in [1.54, 1.807) is 7.11 Å². The third-order valence-corrected chi connectivity index (χ3v) is 4.80. The zero-order chi connectivity index (χ0) is 14.0. The maximum absolute atomic E-state index is 6.46. The number of rotatable bonds is 4. The number of aryl methyl sites for hydroxylation is 1. The average molecular weight is 262 g/mol. The van der Waals surface area contributed by atoms with Crippen molar-refractivity contribution in [2.45, 2.75) is 58.9 Å². The number of methoxy groups -OCH3 is 1. The highest BCUT2D eigenvalue weighted by Crippen LogP contribution is 2.41. The second-order valence-corrected chi connectivity index (χ2v) is 6.22. The first-order valence-electron chi connectivity index (χ1n) is 7.22. The molecular formula is C16H26N2O. The van der Waals surface area contributed by atoms with Crippen LogP contribution in [-0.4, -0.2) is 18.1 Å². The maximum Gasteiger partial charge on any atom is 0.128 e. The Morgan fingerprint density at radius 1 is 1.37 bits per heavy atom. The van der Waals surface area contributed by atoms with Gasteiger partial charge in [0.1, 0.15) is 5.75 Å². The Balaban J connectivity index is 2.19. The normalized spacial score (nSPS) is 19.4. The number of hydrogen-bond acceptors (Lipinski definition) is 3. The van der Waals surface area contributed by atoms with Gasteiger partial charge in [0.25, 0.3) is 0 Å².